The number of thioether (sulfide) groups is 1. The predicted octanol–water partition coefficient (Wildman–Crippen LogP) is 5.22. The summed E-state index contributed by atoms with van der Waals surface area (Å²) in [5, 5.41) is 9.68. The number of hydrogen-bond donors (Lipinski definition) is 1. The van der Waals surface area contributed by atoms with Crippen LogP contribution < -0.4 is 4.74 Å². The summed E-state index contributed by atoms with van der Waals surface area (Å²) in [7, 11) is 0. The van der Waals surface area contributed by atoms with Crippen molar-refractivity contribution in [3.63, 3.8) is 0 Å². The lowest BCUT2D eigenvalue weighted by atomic mass is 10.0. The molecule has 0 aromatic heterocycles. The Balaban J connectivity index is 3.12. The van der Waals surface area contributed by atoms with E-state index >= 15 is 0 Å². The Bertz CT molecular complexity index is 632. The van der Waals surface area contributed by atoms with Crippen LogP contribution in [0.4, 0.5) is 0 Å². The minimum atomic E-state index is -0.524. The number of ether oxygens (including phenoxy) is 1. The van der Waals surface area contributed by atoms with Crippen molar-refractivity contribution in [3.05, 3.63) is 59.5 Å². The number of aliphatic hydroxyl groups is 1. The van der Waals surface area contributed by atoms with Gasteiger partial charge in [-0.1, -0.05) is 37.4 Å². The van der Waals surface area contributed by atoms with Crippen molar-refractivity contribution in [2.75, 3.05) is 6.61 Å². The van der Waals surface area contributed by atoms with Crippen molar-refractivity contribution in [1.29, 1.82) is 0 Å². The molecule has 1 aromatic carbocycles. The molecular weight excluding hydrogens is 320 g/mol. The van der Waals surface area contributed by atoms with Gasteiger partial charge in [-0.3, -0.25) is 4.79 Å². The minimum Gasteiger partial charge on any atom is -0.491 e. The fourth-order valence-electron chi connectivity index (χ4n) is 1.88. The SMILES string of the molecule is C=CCC(=O)c1cc(OC[C@@H](O)CC)cc(C(=C)S/C(C)=C\C)c1. The third-order valence-electron chi connectivity index (χ3n) is 3.48. The maximum absolute atomic E-state index is 12.2. The van der Waals surface area contributed by atoms with E-state index in [2.05, 4.69) is 13.2 Å². The molecule has 24 heavy (non-hydrogen) atoms. The fourth-order valence-corrected chi connectivity index (χ4v) is 2.62. The Morgan fingerprint density at radius 2 is 2.04 bits per heavy atom. The Morgan fingerprint density at radius 3 is 2.62 bits per heavy atom. The monoisotopic (exact) mass is 346 g/mol. The summed E-state index contributed by atoms with van der Waals surface area (Å²) in [4.78, 5) is 14.2. The largest absolute Gasteiger partial charge is 0.491 e. The third-order valence-corrected chi connectivity index (χ3v) is 4.52. The van der Waals surface area contributed by atoms with E-state index in [1.807, 2.05) is 39.0 Å². The molecule has 1 rings (SSSR count). The molecule has 0 unspecified atom stereocenters. The van der Waals surface area contributed by atoms with Gasteiger partial charge >= 0.3 is 0 Å². The van der Waals surface area contributed by atoms with Crippen molar-refractivity contribution in [1.82, 2.24) is 0 Å². The van der Waals surface area contributed by atoms with E-state index in [0.717, 1.165) is 15.4 Å². The third kappa shape index (κ3) is 6.38. The van der Waals surface area contributed by atoms with E-state index in [9.17, 15) is 9.90 Å². The molecule has 0 aliphatic rings. The molecular formula is C20H26O3S. The highest BCUT2D eigenvalue weighted by Gasteiger charge is 2.12. The molecule has 130 valence electrons. The number of benzene rings is 1. The highest BCUT2D eigenvalue weighted by Crippen LogP contribution is 2.34. The predicted molar refractivity (Wildman–Crippen MR) is 103 cm³/mol. The van der Waals surface area contributed by atoms with E-state index in [1.165, 1.54) is 0 Å². The highest BCUT2D eigenvalue weighted by molar-refractivity contribution is 8.11. The summed E-state index contributed by atoms with van der Waals surface area (Å²) in [6, 6.07) is 5.39. The summed E-state index contributed by atoms with van der Waals surface area (Å²) >= 11 is 1.55. The Hall–Kier alpha value is -1.78. The van der Waals surface area contributed by atoms with Crippen LogP contribution in [0, 0.1) is 0 Å². The van der Waals surface area contributed by atoms with Crippen LogP contribution in [0.2, 0.25) is 0 Å². The quantitative estimate of drug-likeness (QED) is 0.466. The first-order chi connectivity index (χ1) is 11.4. The van der Waals surface area contributed by atoms with Crippen molar-refractivity contribution >= 4 is 22.5 Å². The lowest BCUT2D eigenvalue weighted by molar-refractivity contribution is 0.0992. The zero-order valence-corrected chi connectivity index (χ0v) is 15.5. The van der Waals surface area contributed by atoms with Crippen LogP contribution in [-0.4, -0.2) is 23.6 Å². The van der Waals surface area contributed by atoms with Gasteiger partial charge in [-0.2, -0.15) is 0 Å². The molecule has 0 spiro atoms. The molecule has 0 radical (unpaired) electrons. The van der Waals surface area contributed by atoms with E-state index in [-0.39, 0.29) is 18.8 Å². The van der Waals surface area contributed by atoms with Crippen LogP contribution in [0.25, 0.3) is 4.91 Å². The minimum absolute atomic E-state index is 0.0201. The summed E-state index contributed by atoms with van der Waals surface area (Å²) in [5.41, 5.74) is 1.41. The number of aliphatic hydroxyl groups excluding tert-OH is 1. The van der Waals surface area contributed by atoms with Gasteiger partial charge in [0.15, 0.2) is 5.78 Å². The Morgan fingerprint density at radius 1 is 1.38 bits per heavy atom. The Labute approximate surface area is 149 Å². The van der Waals surface area contributed by atoms with E-state index in [1.54, 1.807) is 23.9 Å². The number of carbonyl (C=O) groups excluding carboxylic acids is 1. The molecule has 1 atom stereocenters. The van der Waals surface area contributed by atoms with Crippen molar-refractivity contribution in [2.45, 2.75) is 39.7 Å². The molecule has 0 bridgehead atoms. The smallest absolute Gasteiger partial charge is 0.166 e. The maximum Gasteiger partial charge on any atom is 0.166 e. The van der Waals surface area contributed by atoms with Crippen LogP contribution in [-0.2, 0) is 0 Å². The van der Waals surface area contributed by atoms with Gasteiger partial charge in [0.25, 0.3) is 0 Å². The van der Waals surface area contributed by atoms with Crippen molar-refractivity contribution in [3.8, 4) is 5.75 Å². The normalized spacial score (nSPS) is 12.6. The van der Waals surface area contributed by atoms with Gasteiger partial charge in [0.2, 0.25) is 0 Å². The molecule has 1 aromatic rings. The van der Waals surface area contributed by atoms with E-state index in [0.29, 0.717) is 17.7 Å². The van der Waals surface area contributed by atoms with Crippen molar-refractivity contribution in [2.24, 2.45) is 0 Å². The second-order valence-electron chi connectivity index (χ2n) is 5.46. The van der Waals surface area contributed by atoms with Crippen LogP contribution in [0.15, 0.2) is 48.4 Å². The number of carbonyl (C=O) groups is 1. The zero-order chi connectivity index (χ0) is 18.1. The molecule has 3 nitrogen and oxygen atoms in total. The standard InChI is InChI=1S/C20H26O3S/c1-6-9-20(22)17-10-16(15(5)24-14(4)7-2)11-19(12-17)23-13-18(21)8-3/h6-7,10-12,18,21H,1,5,8-9,13H2,2-4H3/b14-7-/t18-/m0/s1. The number of hydrogen-bond acceptors (Lipinski definition) is 4. The first-order valence-corrected chi connectivity index (χ1v) is 8.83. The molecule has 0 amide bonds. The summed E-state index contributed by atoms with van der Waals surface area (Å²) in [6.07, 6.45) is 3.96. The van der Waals surface area contributed by atoms with Gasteiger partial charge in [0, 0.05) is 16.9 Å². The number of rotatable bonds is 10. The second kappa shape index (κ2) is 10.2. The topological polar surface area (TPSA) is 46.5 Å². The number of ketones is 1. The maximum atomic E-state index is 12.2. The fraction of sp³-hybridized carbons (Fsp3) is 0.350. The number of Topliss-reactive ketones (excluding diaryl/α,β-unsaturated/α-hetero) is 1. The van der Waals surface area contributed by atoms with Gasteiger partial charge in [0.1, 0.15) is 12.4 Å². The number of allylic oxidation sites excluding steroid dienone is 3. The van der Waals surface area contributed by atoms with Crippen LogP contribution in [0.5, 0.6) is 5.75 Å². The van der Waals surface area contributed by atoms with E-state index < -0.39 is 6.10 Å². The highest BCUT2D eigenvalue weighted by atomic mass is 32.2. The van der Waals surface area contributed by atoms with Crippen LogP contribution in [0.1, 0.15) is 49.5 Å². The lowest BCUT2D eigenvalue weighted by Crippen LogP contribution is -2.16. The van der Waals surface area contributed by atoms with Gasteiger partial charge in [-0.25, -0.2) is 0 Å². The molecule has 0 saturated carbocycles. The Kier molecular flexibility index (Phi) is 8.58. The van der Waals surface area contributed by atoms with Crippen LogP contribution >= 0.6 is 11.8 Å². The molecule has 0 heterocycles. The lowest BCUT2D eigenvalue weighted by Gasteiger charge is -2.14. The van der Waals surface area contributed by atoms with Crippen molar-refractivity contribution < 1.29 is 14.6 Å². The van der Waals surface area contributed by atoms with E-state index in [4.69, 9.17) is 4.74 Å². The molecule has 1 N–H and O–H groups in total. The zero-order valence-electron chi connectivity index (χ0n) is 14.7. The summed E-state index contributed by atoms with van der Waals surface area (Å²) < 4.78 is 5.66. The average Bonchev–Trinajstić information content (AvgIpc) is 2.59. The molecule has 4 heteroatoms. The first-order valence-electron chi connectivity index (χ1n) is 8.01. The first kappa shape index (κ1) is 20.3. The molecule has 0 aliphatic carbocycles. The second-order valence-corrected chi connectivity index (χ2v) is 6.80. The van der Waals surface area contributed by atoms with Crippen LogP contribution in [0.3, 0.4) is 0 Å². The molecule has 0 aliphatic heterocycles. The molecule has 0 fully saturated rings. The average molecular weight is 346 g/mol. The van der Waals surface area contributed by atoms with Gasteiger partial charge < -0.3 is 9.84 Å². The summed E-state index contributed by atoms with van der Waals surface area (Å²) in [6.45, 7) is 13.8. The van der Waals surface area contributed by atoms with Gasteiger partial charge in [0.05, 0.1) is 6.10 Å². The van der Waals surface area contributed by atoms with Gasteiger partial charge in [-0.05, 0) is 48.9 Å². The summed E-state index contributed by atoms with van der Waals surface area (Å²) in [5.74, 6) is 0.542. The van der Waals surface area contributed by atoms with Gasteiger partial charge in [-0.15, -0.1) is 6.58 Å². The molecule has 0 saturated heterocycles.